The summed E-state index contributed by atoms with van der Waals surface area (Å²) >= 11 is 0. The van der Waals surface area contributed by atoms with E-state index >= 15 is 0 Å². The van der Waals surface area contributed by atoms with Gasteiger partial charge in [-0.3, -0.25) is 5.32 Å². The summed E-state index contributed by atoms with van der Waals surface area (Å²) in [7, 11) is 3.78. The van der Waals surface area contributed by atoms with E-state index in [4.69, 9.17) is 4.74 Å². The predicted molar refractivity (Wildman–Crippen MR) is 93.4 cm³/mol. The third-order valence-electron chi connectivity index (χ3n) is 3.04. The number of ether oxygens (including phenoxy) is 1. The van der Waals surface area contributed by atoms with Crippen LogP contribution in [0.1, 0.15) is 0 Å². The van der Waals surface area contributed by atoms with Crippen molar-refractivity contribution in [1.82, 2.24) is 9.88 Å². The number of amides is 2. The molecule has 24 heavy (non-hydrogen) atoms. The standard InChI is InChI=1S/C17H22N4O3/c1-21(2)11-14(22)12-24-15-8-6-13(7-9-15)19-17(23)20-16-5-3-4-10-18-16/h3-10,14,22H,11-12H2,1-2H3,(H2,18,19,20,23). The molecule has 0 saturated carbocycles. The van der Waals surface area contributed by atoms with Gasteiger partial charge in [0.2, 0.25) is 0 Å². The van der Waals surface area contributed by atoms with E-state index in [9.17, 15) is 9.90 Å². The second-order valence-corrected chi connectivity index (χ2v) is 5.55. The van der Waals surface area contributed by atoms with Crippen LogP contribution in [0.15, 0.2) is 48.7 Å². The minimum atomic E-state index is -0.554. The maximum absolute atomic E-state index is 11.9. The summed E-state index contributed by atoms with van der Waals surface area (Å²) in [5.41, 5.74) is 0.629. The molecule has 128 valence electrons. The SMILES string of the molecule is CN(C)CC(O)COc1ccc(NC(=O)Nc2ccccn2)cc1. The first kappa shape index (κ1) is 17.7. The number of pyridine rings is 1. The highest BCUT2D eigenvalue weighted by atomic mass is 16.5. The summed E-state index contributed by atoms with van der Waals surface area (Å²) in [6, 6.07) is 11.8. The van der Waals surface area contributed by atoms with Crippen LogP contribution in [0, 0.1) is 0 Å². The van der Waals surface area contributed by atoms with Crippen molar-refractivity contribution in [2.24, 2.45) is 0 Å². The topological polar surface area (TPSA) is 86.7 Å². The molecular formula is C17H22N4O3. The molecule has 0 radical (unpaired) electrons. The zero-order valence-corrected chi connectivity index (χ0v) is 13.8. The number of hydrogen-bond acceptors (Lipinski definition) is 5. The fourth-order valence-electron chi connectivity index (χ4n) is 2.02. The van der Waals surface area contributed by atoms with Gasteiger partial charge in [0, 0.05) is 18.4 Å². The lowest BCUT2D eigenvalue weighted by molar-refractivity contribution is 0.0831. The largest absolute Gasteiger partial charge is 0.491 e. The van der Waals surface area contributed by atoms with Crippen molar-refractivity contribution < 1.29 is 14.6 Å². The van der Waals surface area contributed by atoms with E-state index in [0.29, 0.717) is 23.8 Å². The number of nitrogens with zero attached hydrogens (tertiary/aromatic N) is 2. The third-order valence-corrected chi connectivity index (χ3v) is 3.04. The monoisotopic (exact) mass is 330 g/mol. The number of carbonyl (C=O) groups is 1. The van der Waals surface area contributed by atoms with Crippen LogP contribution in [0.5, 0.6) is 5.75 Å². The maximum Gasteiger partial charge on any atom is 0.324 e. The smallest absolute Gasteiger partial charge is 0.324 e. The molecule has 2 aromatic rings. The van der Waals surface area contributed by atoms with Crippen LogP contribution in [-0.4, -0.2) is 54.4 Å². The lowest BCUT2D eigenvalue weighted by Gasteiger charge is -2.16. The van der Waals surface area contributed by atoms with Crippen molar-refractivity contribution in [3.8, 4) is 5.75 Å². The van der Waals surface area contributed by atoms with E-state index in [1.807, 2.05) is 19.0 Å². The van der Waals surface area contributed by atoms with Crippen LogP contribution >= 0.6 is 0 Å². The Bertz CT molecular complexity index is 632. The number of aliphatic hydroxyl groups is 1. The second-order valence-electron chi connectivity index (χ2n) is 5.55. The summed E-state index contributed by atoms with van der Waals surface area (Å²) in [4.78, 5) is 17.8. The molecule has 1 heterocycles. The predicted octanol–water partition coefficient (Wildman–Crippen LogP) is 2.03. The van der Waals surface area contributed by atoms with Crippen LogP contribution in [0.2, 0.25) is 0 Å². The fourth-order valence-corrected chi connectivity index (χ4v) is 2.02. The van der Waals surface area contributed by atoms with Crippen molar-refractivity contribution in [2.75, 3.05) is 37.9 Å². The van der Waals surface area contributed by atoms with E-state index in [1.54, 1.807) is 48.7 Å². The Morgan fingerprint density at radius 2 is 1.96 bits per heavy atom. The zero-order valence-electron chi connectivity index (χ0n) is 13.8. The normalized spacial score (nSPS) is 11.8. The number of rotatable bonds is 7. The quantitative estimate of drug-likeness (QED) is 0.723. The van der Waals surface area contributed by atoms with E-state index in [0.717, 1.165) is 0 Å². The van der Waals surface area contributed by atoms with Gasteiger partial charge in [-0.1, -0.05) is 6.07 Å². The molecule has 7 heteroatoms. The summed E-state index contributed by atoms with van der Waals surface area (Å²) < 4.78 is 5.51. The van der Waals surface area contributed by atoms with Gasteiger partial charge in [-0.15, -0.1) is 0 Å². The van der Waals surface area contributed by atoms with Gasteiger partial charge in [-0.05, 0) is 50.5 Å². The number of aliphatic hydroxyl groups excluding tert-OH is 1. The van der Waals surface area contributed by atoms with Crippen molar-refractivity contribution >= 4 is 17.5 Å². The van der Waals surface area contributed by atoms with Crippen molar-refractivity contribution in [3.63, 3.8) is 0 Å². The minimum Gasteiger partial charge on any atom is -0.491 e. The van der Waals surface area contributed by atoms with Gasteiger partial charge in [0.1, 0.15) is 24.3 Å². The number of nitrogens with one attached hydrogen (secondary N) is 2. The number of hydrogen-bond donors (Lipinski definition) is 3. The average molecular weight is 330 g/mol. The number of likely N-dealkylation sites (N-methyl/N-ethyl adjacent to an activating group) is 1. The van der Waals surface area contributed by atoms with Gasteiger partial charge in [0.05, 0.1) is 0 Å². The van der Waals surface area contributed by atoms with Crippen molar-refractivity contribution in [3.05, 3.63) is 48.7 Å². The highest BCUT2D eigenvalue weighted by Gasteiger charge is 2.07. The lowest BCUT2D eigenvalue weighted by Crippen LogP contribution is -2.30. The van der Waals surface area contributed by atoms with Crippen LogP contribution in [0.4, 0.5) is 16.3 Å². The summed E-state index contributed by atoms with van der Waals surface area (Å²) in [6.07, 6.45) is 1.05. The van der Waals surface area contributed by atoms with E-state index in [-0.39, 0.29) is 12.6 Å². The molecule has 2 rings (SSSR count). The molecule has 3 N–H and O–H groups in total. The van der Waals surface area contributed by atoms with Crippen LogP contribution in [0.3, 0.4) is 0 Å². The highest BCUT2D eigenvalue weighted by Crippen LogP contribution is 2.16. The Balaban J connectivity index is 1.80. The number of aromatic nitrogens is 1. The molecule has 0 spiro atoms. The third kappa shape index (κ3) is 6.23. The number of anilines is 2. The Morgan fingerprint density at radius 1 is 1.21 bits per heavy atom. The molecule has 1 aromatic carbocycles. The number of carbonyl (C=O) groups excluding carboxylic acids is 1. The first-order valence-electron chi connectivity index (χ1n) is 7.57. The molecule has 0 fully saturated rings. The van der Waals surface area contributed by atoms with Crippen molar-refractivity contribution in [2.45, 2.75) is 6.10 Å². The zero-order chi connectivity index (χ0) is 17.4. The fraction of sp³-hybridized carbons (Fsp3) is 0.294. The van der Waals surface area contributed by atoms with E-state index in [1.165, 1.54) is 0 Å². The van der Waals surface area contributed by atoms with E-state index in [2.05, 4.69) is 15.6 Å². The van der Waals surface area contributed by atoms with Gasteiger partial charge in [0.25, 0.3) is 0 Å². The summed E-state index contributed by atoms with van der Waals surface area (Å²) in [5, 5.41) is 15.1. The second kappa shape index (κ2) is 8.85. The highest BCUT2D eigenvalue weighted by molar-refractivity contribution is 5.99. The number of benzene rings is 1. The summed E-state index contributed by atoms with van der Waals surface area (Å²) in [5.74, 6) is 1.10. The van der Waals surface area contributed by atoms with Gasteiger partial charge in [-0.2, -0.15) is 0 Å². The van der Waals surface area contributed by atoms with E-state index < -0.39 is 6.10 Å². The average Bonchev–Trinajstić information content (AvgIpc) is 2.54. The van der Waals surface area contributed by atoms with Gasteiger partial charge >= 0.3 is 6.03 Å². The van der Waals surface area contributed by atoms with Gasteiger partial charge in [0.15, 0.2) is 0 Å². The minimum absolute atomic E-state index is 0.213. The molecule has 1 unspecified atom stereocenters. The molecule has 0 aliphatic heterocycles. The molecule has 7 nitrogen and oxygen atoms in total. The van der Waals surface area contributed by atoms with Crippen molar-refractivity contribution in [1.29, 1.82) is 0 Å². The Hall–Kier alpha value is -2.64. The molecule has 1 aromatic heterocycles. The Labute approximate surface area is 141 Å². The first-order valence-corrected chi connectivity index (χ1v) is 7.57. The molecule has 0 bridgehead atoms. The van der Waals surface area contributed by atoms with Gasteiger partial charge < -0.3 is 20.1 Å². The molecule has 1 atom stereocenters. The maximum atomic E-state index is 11.9. The molecular weight excluding hydrogens is 308 g/mol. The van der Waals surface area contributed by atoms with Crippen LogP contribution < -0.4 is 15.4 Å². The van der Waals surface area contributed by atoms with Gasteiger partial charge in [-0.25, -0.2) is 9.78 Å². The van der Waals surface area contributed by atoms with Crippen LogP contribution in [0.25, 0.3) is 0 Å². The number of urea groups is 1. The lowest BCUT2D eigenvalue weighted by atomic mass is 10.3. The molecule has 2 amide bonds. The van der Waals surface area contributed by atoms with Crippen LogP contribution in [-0.2, 0) is 0 Å². The molecule has 0 aliphatic rings. The Kier molecular flexibility index (Phi) is 6.53. The first-order chi connectivity index (χ1) is 11.5. The molecule has 0 saturated heterocycles. The Morgan fingerprint density at radius 3 is 2.58 bits per heavy atom. The molecule has 0 aliphatic carbocycles. The summed E-state index contributed by atoms with van der Waals surface area (Å²) in [6.45, 7) is 0.748.